The molecule has 0 aliphatic rings. The van der Waals surface area contributed by atoms with Crippen molar-refractivity contribution in [2.45, 2.75) is 26.1 Å². The van der Waals surface area contributed by atoms with Crippen molar-refractivity contribution in [2.75, 3.05) is 0 Å². The molecular weight excluding hydrogens is 143 g/mol. The molecule has 4 heteroatoms. The molecule has 0 amide bonds. The Hall–Kier alpha value is -0.670. The van der Waals surface area contributed by atoms with Gasteiger partial charge >= 0.3 is 6.18 Å². The highest BCUT2D eigenvalue weighted by Crippen LogP contribution is 2.19. The Kier molecular flexibility index (Phi) is 2.75. The summed E-state index contributed by atoms with van der Waals surface area (Å²) in [5, 5.41) is 2.16. The summed E-state index contributed by atoms with van der Waals surface area (Å²) in [6.07, 6.45) is -4.18. The summed E-state index contributed by atoms with van der Waals surface area (Å²) in [6.45, 7) is 5.84. The zero-order valence-corrected chi connectivity index (χ0v) is 5.92. The van der Waals surface area contributed by atoms with E-state index in [4.69, 9.17) is 0 Å². The van der Waals surface area contributed by atoms with Gasteiger partial charge in [-0.05, 0) is 13.8 Å². The van der Waals surface area contributed by atoms with Crippen LogP contribution in [0.3, 0.4) is 0 Å². The third kappa shape index (κ3) is 3.37. The molecule has 1 N–H and O–H groups in total. The monoisotopic (exact) mass is 153 g/mol. The fraction of sp³-hybridized carbons (Fsp3) is 0.667. The Morgan fingerprint density at radius 1 is 1.50 bits per heavy atom. The fourth-order valence-electron chi connectivity index (χ4n) is 0.451. The van der Waals surface area contributed by atoms with Gasteiger partial charge in [0.15, 0.2) is 0 Å². The predicted molar refractivity (Wildman–Crippen MR) is 33.5 cm³/mol. The number of hydrogen-bond donors (Lipinski definition) is 1. The van der Waals surface area contributed by atoms with E-state index in [1.165, 1.54) is 6.92 Å². The molecule has 0 spiro atoms. The smallest absolute Gasteiger partial charge is 0.378 e. The van der Waals surface area contributed by atoms with E-state index in [2.05, 4.69) is 11.9 Å². The number of allylic oxidation sites excluding steroid dienone is 1. The first kappa shape index (κ1) is 9.33. The third-order valence-corrected chi connectivity index (χ3v) is 0.954. The Bertz CT molecular complexity index is 127. The second kappa shape index (κ2) is 2.94. The van der Waals surface area contributed by atoms with E-state index in [0.29, 0.717) is 5.70 Å². The highest BCUT2D eigenvalue weighted by Gasteiger charge is 2.35. The van der Waals surface area contributed by atoms with Gasteiger partial charge in [-0.15, -0.1) is 0 Å². The van der Waals surface area contributed by atoms with Gasteiger partial charge < -0.3 is 5.32 Å². The van der Waals surface area contributed by atoms with Gasteiger partial charge in [0.25, 0.3) is 0 Å². The first-order valence-corrected chi connectivity index (χ1v) is 2.83. The van der Waals surface area contributed by atoms with Crippen LogP contribution in [0.2, 0.25) is 0 Å². The molecule has 0 aliphatic carbocycles. The molecule has 0 aromatic rings. The molecule has 10 heavy (non-hydrogen) atoms. The van der Waals surface area contributed by atoms with Gasteiger partial charge in [0.2, 0.25) is 0 Å². The van der Waals surface area contributed by atoms with Crippen LogP contribution < -0.4 is 5.32 Å². The molecule has 60 valence electrons. The molecular formula is C6H10F3N. The molecule has 0 saturated heterocycles. The van der Waals surface area contributed by atoms with Crippen molar-refractivity contribution in [1.82, 2.24) is 5.32 Å². The lowest BCUT2D eigenvalue weighted by Gasteiger charge is -2.17. The standard InChI is InChI=1S/C6H10F3N/c1-4(2)10-5(3)6(7,8)9/h5,10H,1H2,2-3H3. The first-order valence-electron chi connectivity index (χ1n) is 2.83. The van der Waals surface area contributed by atoms with E-state index in [0.717, 1.165) is 6.92 Å². The second-order valence-electron chi connectivity index (χ2n) is 2.19. The first-order chi connectivity index (χ1) is 4.34. The molecule has 0 bridgehead atoms. The maximum Gasteiger partial charge on any atom is 0.408 e. The Balaban J connectivity index is 3.85. The lowest BCUT2D eigenvalue weighted by molar-refractivity contribution is -0.149. The normalized spacial score (nSPS) is 14.5. The van der Waals surface area contributed by atoms with Crippen LogP contribution in [0.25, 0.3) is 0 Å². The summed E-state index contributed by atoms with van der Waals surface area (Å²) in [5.74, 6) is 0. The van der Waals surface area contributed by atoms with E-state index < -0.39 is 12.2 Å². The molecule has 0 aromatic carbocycles. The summed E-state index contributed by atoms with van der Waals surface area (Å²) in [6, 6.07) is -1.51. The van der Waals surface area contributed by atoms with Gasteiger partial charge in [-0.2, -0.15) is 13.2 Å². The summed E-state index contributed by atoms with van der Waals surface area (Å²) in [7, 11) is 0. The average Bonchev–Trinajstić information content (AvgIpc) is 1.60. The summed E-state index contributed by atoms with van der Waals surface area (Å²) in [5.41, 5.74) is 0.324. The van der Waals surface area contributed by atoms with Crippen LogP contribution in [0.15, 0.2) is 12.3 Å². The predicted octanol–water partition coefficient (Wildman–Crippen LogP) is 2.06. The number of rotatable bonds is 2. The van der Waals surface area contributed by atoms with Crippen molar-refractivity contribution in [3.8, 4) is 0 Å². The van der Waals surface area contributed by atoms with Gasteiger partial charge in [0.1, 0.15) is 6.04 Å². The maximum absolute atomic E-state index is 11.7. The zero-order chi connectivity index (χ0) is 8.36. The Morgan fingerprint density at radius 2 is 1.90 bits per heavy atom. The molecule has 0 radical (unpaired) electrons. The molecule has 0 heterocycles. The van der Waals surface area contributed by atoms with Crippen LogP contribution in [0.5, 0.6) is 0 Å². The van der Waals surface area contributed by atoms with Crippen LogP contribution in [-0.4, -0.2) is 12.2 Å². The maximum atomic E-state index is 11.7. The molecule has 0 aromatic heterocycles. The van der Waals surface area contributed by atoms with Crippen molar-refractivity contribution in [2.24, 2.45) is 0 Å². The molecule has 0 saturated carbocycles. The number of nitrogens with one attached hydrogen (secondary N) is 1. The Labute approximate surface area is 57.9 Å². The minimum Gasteiger partial charge on any atom is -0.378 e. The van der Waals surface area contributed by atoms with Gasteiger partial charge in [-0.25, -0.2) is 0 Å². The third-order valence-electron chi connectivity index (χ3n) is 0.954. The van der Waals surface area contributed by atoms with Crippen molar-refractivity contribution in [3.05, 3.63) is 12.3 Å². The SMILES string of the molecule is C=C(C)NC(C)C(F)(F)F. The highest BCUT2D eigenvalue weighted by atomic mass is 19.4. The fourth-order valence-corrected chi connectivity index (χ4v) is 0.451. The summed E-state index contributed by atoms with van der Waals surface area (Å²) in [4.78, 5) is 0. The lowest BCUT2D eigenvalue weighted by atomic mass is 10.3. The van der Waals surface area contributed by atoms with Gasteiger partial charge in [-0.1, -0.05) is 6.58 Å². The van der Waals surface area contributed by atoms with Crippen LogP contribution in [0.1, 0.15) is 13.8 Å². The van der Waals surface area contributed by atoms with Crippen molar-refractivity contribution in [1.29, 1.82) is 0 Å². The molecule has 1 atom stereocenters. The van der Waals surface area contributed by atoms with Crippen molar-refractivity contribution in [3.63, 3.8) is 0 Å². The average molecular weight is 153 g/mol. The quantitative estimate of drug-likeness (QED) is 0.640. The van der Waals surface area contributed by atoms with Crippen LogP contribution in [-0.2, 0) is 0 Å². The van der Waals surface area contributed by atoms with E-state index in [1.54, 1.807) is 0 Å². The largest absolute Gasteiger partial charge is 0.408 e. The number of alkyl halides is 3. The Morgan fingerprint density at radius 3 is 2.00 bits per heavy atom. The molecule has 1 nitrogen and oxygen atoms in total. The minimum absolute atomic E-state index is 0.324. The van der Waals surface area contributed by atoms with Crippen LogP contribution >= 0.6 is 0 Å². The van der Waals surface area contributed by atoms with E-state index in [-0.39, 0.29) is 0 Å². The van der Waals surface area contributed by atoms with Crippen LogP contribution in [0.4, 0.5) is 13.2 Å². The topological polar surface area (TPSA) is 12.0 Å². The summed E-state index contributed by atoms with van der Waals surface area (Å²) >= 11 is 0. The van der Waals surface area contributed by atoms with Crippen molar-refractivity contribution >= 4 is 0 Å². The van der Waals surface area contributed by atoms with Gasteiger partial charge in [0.05, 0.1) is 0 Å². The van der Waals surface area contributed by atoms with Gasteiger partial charge in [-0.3, -0.25) is 0 Å². The van der Waals surface area contributed by atoms with Crippen molar-refractivity contribution < 1.29 is 13.2 Å². The van der Waals surface area contributed by atoms with Crippen LogP contribution in [0, 0.1) is 0 Å². The molecule has 1 unspecified atom stereocenters. The highest BCUT2D eigenvalue weighted by molar-refractivity contribution is 4.89. The molecule has 0 aliphatic heterocycles. The number of halogens is 3. The second-order valence-corrected chi connectivity index (χ2v) is 2.19. The lowest BCUT2D eigenvalue weighted by Crippen LogP contribution is -2.38. The summed E-state index contributed by atoms with van der Waals surface area (Å²) < 4.78 is 35.1. The van der Waals surface area contributed by atoms with Gasteiger partial charge in [0, 0.05) is 5.70 Å². The minimum atomic E-state index is -4.18. The van der Waals surface area contributed by atoms with E-state index >= 15 is 0 Å². The number of hydrogen-bond acceptors (Lipinski definition) is 1. The zero-order valence-electron chi connectivity index (χ0n) is 5.92. The molecule has 0 rings (SSSR count). The van der Waals surface area contributed by atoms with E-state index in [9.17, 15) is 13.2 Å². The molecule has 0 fully saturated rings. The van der Waals surface area contributed by atoms with E-state index in [1.807, 2.05) is 0 Å².